The summed E-state index contributed by atoms with van der Waals surface area (Å²) in [5, 5.41) is 0. The van der Waals surface area contributed by atoms with Crippen molar-refractivity contribution in [1.29, 1.82) is 0 Å². The highest BCUT2D eigenvalue weighted by Gasteiger charge is 2.09. The van der Waals surface area contributed by atoms with Crippen molar-refractivity contribution in [2.24, 2.45) is 0 Å². The maximum atomic E-state index is 5.74. The number of hydrogen-bond donors (Lipinski definition) is 2. The standard InChI is InChI=1S/C13H24N4O2/c1-3-18-9-7-17(8-10-19-4-2)12-6-5-11(14)13(15)16-12/h5-6H,3-4,7-10,14H2,1-2H3,(H2,15,16). The van der Waals surface area contributed by atoms with Crippen LogP contribution in [0.15, 0.2) is 12.1 Å². The normalized spacial score (nSPS) is 10.6. The molecule has 19 heavy (non-hydrogen) atoms. The van der Waals surface area contributed by atoms with Gasteiger partial charge in [0.05, 0.1) is 18.9 Å². The van der Waals surface area contributed by atoms with E-state index in [0.717, 1.165) is 18.9 Å². The summed E-state index contributed by atoms with van der Waals surface area (Å²) >= 11 is 0. The summed E-state index contributed by atoms with van der Waals surface area (Å²) in [6.07, 6.45) is 0. The van der Waals surface area contributed by atoms with Crippen LogP contribution in [-0.4, -0.2) is 44.5 Å². The van der Waals surface area contributed by atoms with Gasteiger partial charge >= 0.3 is 0 Å². The summed E-state index contributed by atoms with van der Waals surface area (Å²) in [6.45, 7) is 8.15. The molecule has 0 aliphatic heterocycles. The van der Waals surface area contributed by atoms with Crippen LogP contribution in [-0.2, 0) is 9.47 Å². The van der Waals surface area contributed by atoms with Crippen LogP contribution in [0.25, 0.3) is 0 Å². The molecule has 0 radical (unpaired) electrons. The van der Waals surface area contributed by atoms with Crippen molar-refractivity contribution in [2.45, 2.75) is 13.8 Å². The lowest BCUT2D eigenvalue weighted by molar-refractivity contribution is 0.141. The number of nitrogens with two attached hydrogens (primary N) is 2. The van der Waals surface area contributed by atoms with E-state index in [1.807, 2.05) is 19.9 Å². The van der Waals surface area contributed by atoms with Crippen molar-refractivity contribution >= 4 is 17.3 Å². The molecule has 0 unspecified atom stereocenters. The van der Waals surface area contributed by atoms with Gasteiger partial charge in [0.2, 0.25) is 0 Å². The van der Waals surface area contributed by atoms with E-state index in [0.29, 0.717) is 37.9 Å². The number of nitrogens with zero attached hydrogens (tertiary/aromatic N) is 2. The van der Waals surface area contributed by atoms with E-state index < -0.39 is 0 Å². The van der Waals surface area contributed by atoms with Crippen molar-refractivity contribution < 1.29 is 9.47 Å². The molecule has 1 aromatic rings. The highest BCUT2D eigenvalue weighted by Crippen LogP contribution is 2.18. The second kappa shape index (κ2) is 8.55. The minimum absolute atomic E-state index is 0.357. The Kier molecular flexibility index (Phi) is 6.99. The molecule has 108 valence electrons. The molecule has 0 aliphatic carbocycles. The first-order valence-electron chi connectivity index (χ1n) is 6.61. The highest BCUT2D eigenvalue weighted by atomic mass is 16.5. The van der Waals surface area contributed by atoms with Crippen LogP contribution >= 0.6 is 0 Å². The molecule has 0 aromatic carbocycles. The summed E-state index contributed by atoms with van der Waals surface area (Å²) in [4.78, 5) is 6.38. The van der Waals surface area contributed by atoms with Gasteiger partial charge in [0, 0.05) is 26.3 Å². The third-order valence-corrected chi connectivity index (χ3v) is 2.69. The highest BCUT2D eigenvalue weighted by molar-refractivity contribution is 5.62. The van der Waals surface area contributed by atoms with Gasteiger partial charge in [-0.2, -0.15) is 0 Å². The largest absolute Gasteiger partial charge is 0.396 e. The lowest BCUT2D eigenvalue weighted by Gasteiger charge is -2.24. The molecule has 0 aliphatic rings. The predicted molar refractivity (Wildman–Crippen MR) is 78.3 cm³/mol. The summed E-state index contributed by atoms with van der Waals surface area (Å²) in [6, 6.07) is 3.63. The summed E-state index contributed by atoms with van der Waals surface area (Å²) in [5.41, 5.74) is 11.9. The second-order valence-electron chi connectivity index (χ2n) is 4.02. The minimum atomic E-state index is 0.357. The van der Waals surface area contributed by atoms with E-state index in [2.05, 4.69) is 9.88 Å². The molecule has 1 aromatic heterocycles. The van der Waals surface area contributed by atoms with Crippen molar-refractivity contribution in [3.63, 3.8) is 0 Å². The number of rotatable bonds is 9. The lowest BCUT2D eigenvalue weighted by Crippen LogP contribution is -2.32. The van der Waals surface area contributed by atoms with Crippen molar-refractivity contribution in [3.8, 4) is 0 Å². The van der Waals surface area contributed by atoms with Crippen LogP contribution in [0.2, 0.25) is 0 Å². The second-order valence-corrected chi connectivity index (χ2v) is 4.02. The van der Waals surface area contributed by atoms with E-state index in [1.165, 1.54) is 0 Å². The number of nitrogen functional groups attached to an aromatic ring is 2. The van der Waals surface area contributed by atoms with Gasteiger partial charge in [0.1, 0.15) is 11.6 Å². The molecule has 0 spiro atoms. The van der Waals surface area contributed by atoms with Gasteiger partial charge in [-0.3, -0.25) is 0 Å². The van der Waals surface area contributed by atoms with Crippen molar-refractivity contribution in [3.05, 3.63) is 12.1 Å². The fourth-order valence-electron chi connectivity index (χ4n) is 1.63. The van der Waals surface area contributed by atoms with Crippen LogP contribution in [0.3, 0.4) is 0 Å². The van der Waals surface area contributed by atoms with Gasteiger partial charge in [0.25, 0.3) is 0 Å². The summed E-state index contributed by atoms with van der Waals surface area (Å²) in [5.74, 6) is 1.15. The van der Waals surface area contributed by atoms with E-state index in [4.69, 9.17) is 20.9 Å². The van der Waals surface area contributed by atoms with Gasteiger partial charge in [-0.25, -0.2) is 4.98 Å². The van der Waals surface area contributed by atoms with Crippen LogP contribution in [0, 0.1) is 0 Å². The van der Waals surface area contributed by atoms with Gasteiger partial charge in [-0.1, -0.05) is 0 Å². The molecule has 0 saturated carbocycles. The average molecular weight is 268 g/mol. The smallest absolute Gasteiger partial charge is 0.149 e. The number of hydrogen-bond acceptors (Lipinski definition) is 6. The van der Waals surface area contributed by atoms with E-state index in [9.17, 15) is 0 Å². The quantitative estimate of drug-likeness (QED) is 0.653. The Morgan fingerprint density at radius 1 is 1.05 bits per heavy atom. The van der Waals surface area contributed by atoms with Gasteiger partial charge in [0.15, 0.2) is 0 Å². The Bertz CT molecular complexity index is 364. The number of ether oxygens (including phenoxy) is 2. The van der Waals surface area contributed by atoms with Gasteiger partial charge in [-0.15, -0.1) is 0 Å². The third-order valence-electron chi connectivity index (χ3n) is 2.69. The molecule has 1 heterocycles. The lowest BCUT2D eigenvalue weighted by atomic mass is 10.3. The first-order chi connectivity index (χ1) is 9.19. The SMILES string of the molecule is CCOCCN(CCOCC)c1ccc(N)c(N)n1. The van der Waals surface area contributed by atoms with E-state index in [1.54, 1.807) is 6.07 Å². The number of aromatic nitrogens is 1. The fraction of sp³-hybridized carbons (Fsp3) is 0.615. The first-order valence-corrected chi connectivity index (χ1v) is 6.61. The Morgan fingerprint density at radius 3 is 2.11 bits per heavy atom. The zero-order chi connectivity index (χ0) is 14.1. The van der Waals surface area contributed by atoms with Crippen molar-refractivity contribution in [2.75, 3.05) is 55.9 Å². The Balaban J connectivity index is 2.66. The maximum absolute atomic E-state index is 5.74. The topological polar surface area (TPSA) is 86.6 Å². The first kappa shape index (κ1) is 15.5. The molecule has 6 nitrogen and oxygen atoms in total. The molecular weight excluding hydrogens is 244 g/mol. The molecule has 0 amide bonds. The summed E-state index contributed by atoms with van der Waals surface area (Å²) < 4.78 is 10.8. The van der Waals surface area contributed by atoms with E-state index in [-0.39, 0.29) is 0 Å². The molecule has 4 N–H and O–H groups in total. The molecule has 6 heteroatoms. The van der Waals surface area contributed by atoms with Crippen molar-refractivity contribution in [1.82, 2.24) is 4.98 Å². The number of pyridine rings is 1. The predicted octanol–water partition coefficient (Wildman–Crippen LogP) is 1.13. The molecule has 0 bridgehead atoms. The number of anilines is 3. The molecule has 0 saturated heterocycles. The molecule has 1 rings (SSSR count). The molecule has 0 fully saturated rings. The summed E-state index contributed by atoms with van der Waals surface area (Å²) in [7, 11) is 0. The Labute approximate surface area is 114 Å². The van der Waals surface area contributed by atoms with E-state index >= 15 is 0 Å². The van der Waals surface area contributed by atoms with Crippen LogP contribution in [0.1, 0.15) is 13.8 Å². The average Bonchev–Trinajstić information content (AvgIpc) is 2.41. The van der Waals surface area contributed by atoms with Gasteiger partial charge < -0.3 is 25.8 Å². The monoisotopic (exact) mass is 268 g/mol. The van der Waals surface area contributed by atoms with Gasteiger partial charge in [-0.05, 0) is 26.0 Å². The third kappa shape index (κ3) is 5.32. The fourth-order valence-corrected chi connectivity index (χ4v) is 1.63. The van der Waals surface area contributed by atoms with Crippen LogP contribution in [0.4, 0.5) is 17.3 Å². The minimum Gasteiger partial charge on any atom is -0.396 e. The maximum Gasteiger partial charge on any atom is 0.149 e. The van der Waals surface area contributed by atoms with Crippen LogP contribution in [0.5, 0.6) is 0 Å². The zero-order valence-corrected chi connectivity index (χ0v) is 11.8. The Morgan fingerprint density at radius 2 is 1.63 bits per heavy atom. The Hall–Kier alpha value is -1.53. The molecular formula is C13H24N4O2. The molecule has 0 atom stereocenters. The zero-order valence-electron chi connectivity index (χ0n) is 11.8. The van der Waals surface area contributed by atoms with Crippen LogP contribution < -0.4 is 16.4 Å².